The van der Waals surface area contributed by atoms with E-state index in [-0.39, 0.29) is 52.2 Å². The van der Waals surface area contributed by atoms with Crippen LogP contribution in [0.4, 0.5) is 0 Å². The van der Waals surface area contributed by atoms with E-state index in [0.29, 0.717) is 13.1 Å². The van der Waals surface area contributed by atoms with E-state index in [1.165, 1.54) is 26.5 Å². The fraction of sp³-hybridized carbons (Fsp3) is 0.560. The van der Waals surface area contributed by atoms with Gasteiger partial charge >= 0.3 is 0 Å². The third kappa shape index (κ3) is 4.47. The summed E-state index contributed by atoms with van der Waals surface area (Å²) in [4.78, 5) is 44.7. The number of carbonyl (C=O) groups is 3. The minimum atomic E-state index is -1.89. The third-order valence-electron chi connectivity index (χ3n) is 7.19. The number of aliphatic hydroxyl groups is 1. The second-order valence-corrected chi connectivity index (χ2v) is 9.62. The Kier molecular flexibility index (Phi) is 7.89. The number of methoxy groups -OCH3 is 2. The van der Waals surface area contributed by atoms with Crippen LogP contribution in [0.3, 0.4) is 0 Å². The fourth-order valence-electron chi connectivity index (χ4n) is 5.08. The summed E-state index contributed by atoms with van der Waals surface area (Å²) in [7, 11) is 2.83. The van der Waals surface area contributed by atoms with E-state index >= 15 is 0 Å². The maximum atomic E-state index is 13.7. The van der Waals surface area contributed by atoms with Gasteiger partial charge in [-0.2, -0.15) is 0 Å². The number of halogens is 1. The zero-order chi connectivity index (χ0) is 26.0. The number of nitrogens with one attached hydrogen (secondary N) is 1. The molecule has 1 spiro atoms. The van der Waals surface area contributed by atoms with Crippen LogP contribution in [0.15, 0.2) is 17.8 Å². The molecule has 2 heterocycles. The van der Waals surface area contributed by atoms with Crippen molar-refractivity contribution in [1.29, 1.82) is 0 Å². The van der Waals surface area contributed by atoms with Crippen LogP contribution in [0.25, 0.3) is 0 Å². The maximum Gasteiger partial charge on any atom is 0.237 e. The van der Waals surface area contributed by atoms with E-state index in [4.69, 9.17) is 30.9 Å². The molecular formula is C25H32ClN3O7. The summed E-state index contributed by atoms with van der Waals surface area (Å²) in [6, 6.07) is 1.48. The Morgan fingerprint density at radius 3 is 2.36 bits per heavy atom. The molecule has 0 radical (unpaired) electrons. The van der Waals surface area contributed by atoms with Crippen LogP contribution >= 0.6 is 11.6 Å². The van der Waals surface area contributed by atoms with Gasteiger partial charge in [-0.05, 0) is 0 Å². The lowest BCUT2D eigenvalue weighted by Gasteiger charge is -2.36. The Morgan fingerprint density at radius 2 is 1.75 bits per heavy atom. The molecule has 36 heavy (non-hydrogen) atoms. The lowest BCUT2D eigenvalue weighted by atomic mass is 9.70. The Balaban J connectivity index is 1.50. The number of ketones is 3. The van der Waals surface area contributed by atoms with Crippen molar-refractivity contribution in [3.05, 3.63) is 28.4 Å². The van der Waals surface area contributed by atoms with Gasteiger partial charge in [0.05, 0.1) is 26.4 Å². The first-order valence-corrected chi connectivity index (χ1v) is 12.4. The molecule has 1 aromatic rings. The van der Waals surface area contributed by atoms with Crippen LogP contribution in [0, 0.1) is 5.92 Å². The standard InChI is InChI=1S/C25H32ClN3O7/c1-15-12-17(31)16(14-27-4-5-28-6-8-29(9-7-28)10-11-30)23(32)25(15)24(33)20-18(34-2)13-19(35-3)21(26)22(20)36-25/h13-15,27,30H,4-12H2,1-3H3/t15-,25+/m1/s1. The number of ether oxygens (including phenoxy) is 3. The van der Waals surface area contributed by atoms with E-state index in [1.54, 1.807) is 6.92 Å². The number of carbonyl (C=O) groups excluding carboxylic acids is 3. The average Bonchev–Trinajstić information content (AvgIpc) is 3.18. The van der Waals surface area contributed by atoms with E-state index in [1.807, 2.05) is 0 Å². The van der Waals surface area contributed by atoms with E-state index in [9.17, 15) is 14.4 Å². The first-order chi connectivity index (χ1) is 17.3. The molecule has 0 unspecified atom stereocenters. The first kappa shape index (κ1) is 26.4. The third-order valence-corrected chi connectivity index (χ3v) is 7.54. The largest absolute Gasteiger partial charge is 0.496 e. The molecule has 0 amide bonds. The van der Waals surface area contributed by atoms with Crippen molar-refractivity contribution in [2.75, 3.05) is 66.6 Å². The van der Waals surface area contributed by atoms with E-state index in [2.05, 4.69) is 15.1 Å². The molecule has 1 saturated heterocycles. The minimum Gasteiger partial charge on any atom is -0.496 e. The second-order valence-electron chi connectivity index (χ2n) is 9.24. The average molecular weight is 522 g/mol. The van der Waals surface area contributed by atoms with Gasteiger partial charge in [-0.3, -0.25) is 24.2 Å². The summed E-state index contributed by atoms with van der Waals surface area (Å²) in [5.41, 5.74) is -1.91. The molecule has 2 fully saturated rings. The first-order valence-electron chi connectivity index (χ1n) is 12.0. The van der Waals surface area contributed by atoms with Crippen LogP contribution in [-0.4, -0.2) is 104 Å². The van der Waals surface area contributed by atoms with Crippen molar-refractivity contribution in [2.45, 2.75) is 18.9 Å². The predicted octanol–water partition coefficient (Wildman–Crippen LogP) is 0.933. The summed E-state index contributed by atoms with van der Waals surface area (Å²) in [5.74, 6) is -1.83. The Bertz CT molecular complexity index is 1080. The van der Waals surface area contributed by atoms with Crippen LogP contribution in [0.1, 0.15) is 23.7 Å². The quantitative estimate of drug-likeness (QED) is 0.221. The monoisotopic (exact) mass is 521 g/mol. The van der Waals surface area contributed by atoms with Crippen molar-refractivity contribution in [3.63, 3.8) is 0 Å². The highest BCUT2D eigenvalue weighted by atomic mass is 35.5. The van der Waals surface area contributed by atoms with E-state index in [0.717, 1.165) is 32.7 Å². The molecule has 3 aliphatic rings. The van der Waals surface area contributed by atoms with Crippen LogP contribution in [-0.2, 0) is 9.59 Å². The smallest absolute Gasteiger partial charge is 0.237 e. The van der Waals surface area contributed by atoms with Crippen molar-refractivity contribution >= 4 is 29.0 Å². The molecule has 1 aromatic carbocycles. The van der Waals surface area contributed by atoms with Crippen LogP contribution < -0.4 is 19.5 Å². The van der Waals surface area contributed by atoms with Gasteiger partial charge in [-0.25, -0.2) is 0 Å². The molecule has 2 aliphatic heterocycles. The number of hydrogen-bond acceptors (Lipinski definition) is 10. The molecule has 2 atom stereocenters. The maximum absolute atomic E-state index is 13.7. The number of hydrogen-bond donors (Lipinski definition) is 2. The summed E-state index contributed by atoms with van der Waals surface area (Å²) < 4.78 is 16.7. The Morgan fingerprint density at radius 1 is 1.11 bits per heavy atom. The highest BCUT2D eigenvalue weighted by Gasteiger charge is 2.63. The number of Topliss-reactive ketones (excluding diaryl/α,β-unsaturated/α-hetero) is 3. The van der Waals surface area contributed by atoms with Crippen molar-refractivity contribution in [1.82, 2.24) is 15.1 Å². The lowest BCUT2D eigenvalue weighted by Crippen LogP contribution is -2.58. The summed E-state index contributed by atoms with van der Waals surface area (Å²) in [5, 5.41) is 12.2. The van der Waals surface area contributed by atoms with Gasteiger partial charge in [-0.15, -0.1) is 0 Å². The fourth-order valence-corrected chi connectivity index (χ4v) is 5.34. The number of piperazine rings is 1. The molecule has 4 rings (SSSR count). The summed E-state index contributed by atoms with van der Waals surface area (Å²) >= 11 is 6.43. The van der Waals surface area contributed by atoms with Gasteiger partial charge in [0.25, 0.3) is 0 Å². The van der Waals surface area contributed by atoms with Gasteiger partial charge < -0.3 is 24.6 Å². The molecular weight excluding hydrogens is 490 g/mol. The molecule has 2 N–H and O–H groups in total. The zero-order valence-corrected chi connectivity index (χ0v) is 21.5. The number of β-amino-alcohol motifs (C(OH)–C–C–N with tert-alkyl or cyclic N) is 1. The Labute approximate surface area is 215 Å². The predicted molar refractivity (Wildman–Crippen MR) is 132 cm³/mol. The number of rotatable bonds is 8. The van der Waals surface area contributed by atoms with Gasteiger partial charge in [-0.1, -0.05) is 18.5 Å². The molecule has 1 saturated carbocycles. The highest BCUT2D eigenvalue weighted by molar-refractivity contribution is 6.38. The summed E-state index contributed by atoms with van der Waals surface area (Å²) in [6.07, 6.45) is 1.38. The van der Waals surface area contributed by atoms with Crippen LogP contribution in [0.2, 0.25) is 5.02 Å². The molecule has 0 bridgehead atoms. The molecule has 11 heteroatoms. The topological polar surface area (TPSA) is 118 Å². The Hall–Kier alpha value is -2.66. The summed E-state index contributed by atoms with van der Waals surface area (Å²) in [6.45, 7) is 7.27. The number of nitrogens with zero attached hydrogens (tertiary/aromatic N) is 2. The van der Waals surface area contributed by atoms with Crippen molar-refractivity contribution in [3.8, 4) is 17.2 Å². The van der Waals surface area contributed by atoms with Gasteiger partial charge in [0.2, 0.25) is 17.2 Å². The molecule has 0 aromatic heterocycles. The van der Waals surface area contributed by atoms with Gasteiger partial charge in [0, 0.05) is 70.4 Å². The zero-order valence-electron chi connectivity index (χ0n) is 20.8. The molecule has 10 nitrogen and oxygen atoms in total. The number of fused-ring (bicyclic) bond motifs is 1. The van der Waals surface area contributed by atoms with Crippen LogP contribution in [0.5, 0.6) is 17.2 Å². The second kappa shape index (κ2) is 10.8. The molecule has 196 valence electrons. The highest BCUT2D eigenvalue weighted by Crippen LogP contribution is 2.53. The number of benzene rings is 1. The van der Waals surface area contributed by atoms with Gasteiger partial charge in [0.15, 0.2) is 11.5 Å². The van der Waals surface area contributed by atoms with Crippen molar-refractivity contribution in [2.24, 2.45) is 5.92 Å². The van der Waals surface area contributed by atoms with E-state index < -0.39 is 23.1 Å². The minimum absolute atomic E-state index is 0.0249. The van der Waals surface area contributed by atoms with Crippen molar-refractivity contribution < 1.29 is 33.7 Å². The normalized spacial score (nSPS) is 25.9. The number of aliphatic hydroxyl groups excluding tert-OH is 1. The molecule has 1 aliphatic carbocycles. The SMILES string of the molecule is COc1cc(OC)c2c(c1Cl)O[C@@]1(C(=O)C(=CNCCN3CCN(CCO)CC3)C(=O)C[C@H]1C)C2=O. The van der Waals surface area contributed by atoms with Gasteiger partial charge in [0.1, 0.15) is 22.1 Å². The lowest BCUT2D eigenvalue weighted by molar-refractivity contribution is -0.136.